The van der Waals surface area contributed by atoms with Crippen molar-refractivity contribution in [3.8, 4) is 0 Å². The van der Waals surface area contributed by atoms with Crippen LogP contribution < -0.4 is 5.32 Å². The molecule has 0 spiro atoms. The third-order valence-electron chi connectivity index (χ3n) is 2.04. The molecular weight excluding hydrogens is 138 g/mol. The van der Waals surface area contributed by atoms with E-state index in [1.54, 1.807) is 0 Å². The molecule has 0 aromatic rings. The highest BCUT2D eigenvalue weighted by atomic mass is 35.5. The first-order valence-corrected chi connectivity index (χ1v) is 3.32. The van der Waals surface area contributed by atoms with Gasteiger partial charge in [0, 0.05) is 12.6 Å². The second-order valence-corrected chi connectivity index (χ2v) is 2.55. The minimum Gasteiger partial charge on any atom is -0.376 e. The van der Waals surface area contributed by atoms with Crippen LogP contribution >= 0.6 is 12.4 Å². The van der Waals surface area contributed by atoms with Gasteiger partial charge in [0.1, 0.15) is 0 Å². The molecule has 2 heterocycles. The molecule has 3 heteroatoms. The highest BCUT2D eigenvalue weighted by Crippen LogP contribution is 2.20. The quantitative estimate of drug-likeness (QED) is 0.544. The molecule has 2 atom stereocenters. The fraction of sp³-hybridized carbons (Fsp3) is 1.00. The van der Waals surface area contributed by atoms with Crippen LogP contribution in [-0.4, -0.2) is 25.3 Å². The Balaban J connectivity index is 0.000000405. The Morgan fingerprint density at radius 3 is 3.00 bits per heavy atom. The van der Waals surface area contributed by atoms with Gasteiger partial charge in [-0.05, 0) is 19.4 Å². The van der Waals surface area contributed by atoms with Crippen molar-refractivity contribution in [1.82, 2.24) is 5.32 Å². The van der Waals surface area contributed by atoms with Gasteiger partial charge in [-0.3, -0.25) is 0 Å². The molecule has 0 aromatic heterocycles. The smallest absolute Gasteiger partial charge is 0.0740 e. The molecular formula is C6H12ClNO. The summed E-state index contributed by atoms with van der Waals surface area (Å²) in [7, 11) is 0. The number of halogens is 1. The fourth-order valence-corrected chi connectivity index (χ4v) is 1.58. The van der Waals surface area contributed by atoms with E-state index < -0.39 is 0 Å². The average Bonchev–Trinajstić information content (AvgIpc) is 2.15. The highest BCUT2D eigenvalue weighted by molar-refractivity contribution is 5.85. The van der Waals surface area contributed by atoms with Crippen LogP contribution in [0, 0.1) is 0 Å². The highest BCUT2D eigenvalue weighted by Gasteiger charge is 2.31. The van der Waals surface area contributed by atoms with Crippen LogP contribution in [0.25, 0.3) is 0 Å². The van der Waals surface area contributed by atoms with E-state index in [0.29, 0.717) is 12.1 Å². The van der Waals surface area contributed by atoms with Gasteiger partial charge in [-0.15, -0.1) is 12.4 Å². The molecule has 2 aliphatic heterocycles. The van der Waals surface area contributed by atoms with Gasteiger partial charge in [-0.2, -0.15) is 0 Å². The zero-order valence-corrected chi connectivity index (χ0v) is 6.12. The predicted molar refractivity (Wildman–Crippen MR) is 38.0 cm³/mol. The van der Waals surface area contributed by atoms with Crippen molar-refractivity contribution in [3.05, 3.63) is 0 Å². The number of ether oxygens (including phenoxy) is 1. The van der Waals surface area contributed by atoms with Crippen molar-refractivity contribution in [2.75, 3.05) is 13.2 Å². The molecule has 0 radical (unpaired) electrons. The van der Waals surface area contributed by atoms with E-state index in [0.717, 1.165) is 13.2 Å². The van der Waals surface area contributed by atoms with E-state index in [1.165, 1.54) is 12.8 Å². The van der Waals surface area contributed by atoms with E-state index in [4.69, 9.17) is 4.74 Å². The molecule has 0 amide bonds. The lowest BCUT2D eigenvalue weighted by Crippen LogP contribution is -2.24. The van der Waals surface area contributed by atoms with Gasteiger partial charge in [-0.1, -0.05) is 0 Å². The zero-order valence-electron chi connectivity index (χ0n) is 5.30. The molecule has 0 saturated carbocycles. The third kappa shape index (κ3) is 1.20. The number of rotatable bonds is 0. The van der Waals surface area contributed by atoms with Crippen molar-refractivity contribution < 1.29 is 4.74 Å². The van der Waals surface area contributed by atoms with Gasteiger partial charge in [0.2, 0.25) is 0 Å². The minimum absolute atomic E-state index is 0. The molecule has 2 nitrogen and oxygen atoms in total. The van der Waals surface area contributed by atoms with Gasteiger partial charge in [-0.25, -0.2) is 0 Å². The number of fused-ring (bicyclic) bond motifs is 1. The molecule has 0 unspecified atom stereocenters. The van der Waals surface area contributed by atoms with E-state index in [9.17, 15) is 0 Å². The Labute approximate surface area is 61.4 Å². The van der Waals surface area contributed by atoms with Gasteiger partial charge in [0.05, 0.1) is 6.10 Å². The molecule has 2 rings (SSSR count). The van der Waals surface area contributed by atoms with Crippen LogP contribution in [0.2, 0.25) is 0 Å². The fourth-order valence-electron chi connectivity index (χ4n) is 1.58. The van der Waals surface area contributed by atoms with Crippen LogP contribution in [0.4, 0.5) is 0 Å². The van der Waals surface area contributed by atoms with E-state index in [2.05, 4.69) is 5.32 Å². The lowest BCUT2D eigenvalue weighted by molar-refractivity contribution is 0.112. The normalized spacial score (nSPS) is 40.0. The summed E-state index contributed by atoms with van der Waals surface area (Å²) in [6.07, 6.45) is 3.02. The van der Waals surface area contributed by atoms with Gasteiger partial charge < -0.3 is 10.1 Å². The summed E-state index contributed by atoms with van der Waals surface area (Å²) in [6.45, 7) is 2.14. The van der Waals surface area contributed by atoms with Crippen molar-refractivity contribution >= 4 is 12.4 Å². The van der Waals surface area contributed by atoms with Crippen LogP contribution in [0.1, 0.15) is 12.8 Å². The largest absolute Gasteiger partial charge is 0.376 e. The molecule has 2 saturated heterocycles. The lowest BCUT2D eigenvalue weighted by atomic mass is 10.2. The summed E-state index contributed by atoms with van der Waals surface area (Å²) >= 11 is 0. The first kappa shape index (κ1) is 7.32. The summed E-state index contributed by atoms with van der Waals surface area (Å²) in [5.74, 6) is 0. The molecule has 0 aliphatic carbocycles. The zero-order chi connectivity index (χ0) is 5.40. The molecule has 54 valence electrons. The predicted octanol–water partition coefficient (Wildman–Crippen LogP) is 0.559. The maximum atomic E-state index is 5.41. The van der Waals surface area contributed by atoms with Gasteiger partial charge in [0.25, 0.3) is 0 Å². The molecule has 9 heavy (non-hydrogen) atoms. The third-order valence-corrected chi connectivity index (χ3v) is 2.04. The topological polar surface area (TPSA) is 21.3 Å². The van der Waals surface area contributed by atoms with Crippen molar-refractivity contribution in [2.45, 2.75) is 25.0 Å². The van der Waals surface area contributed by atoms with Gasteiger partial charge >= 0.3 is 0 Å². The average molecular weight is 150 g/mol. The summed E-state index contributed by atoms with van der Waals surface area (Å²) in [6, 6.07) is 0.704. The Morgan fingerprint density at radius 1 is 1.33 bits per heavy atom. The van der Waals surface area contributed by atoms with E-state index in [-0.39, 0.29) is 12.4 Å². The standard InChI is InChI=1S/C6H11NO.ClH/c1-3-7-5-2-4-8-6(1)5;/h5-7H,1-4H2;1H/t5-,6-;/m0./s1. The van der Waals surface area contributed by atoms with Crippen molar-refractivity contribution in [2.24, 2.45) is 0 Å². The summed E-state index contributed by atoms with van der Waals surface area (Å²) in [5, 5.41) is 3.39. The van der Waals surface area contributed by atoms with Crippen LogP contribution in [0.15, 0.2) is 0 Å². The van der Waals surface area contributed by atoms with Crippen molar-refractivity contribution in [1.29, 1.82) is 0 Å². The molecule has 2 aliphatic rings. The van der Waals surface area contributed by atoms with Crippen LogP contribution in [0.3, 0.4) is 0 Å². The molecule has 0 aromatic carbocycles. The Kier molecular flexibility index (Phi) is 2.33. The lowest BCUT2D eigenvalue weighted by Gasteiger charge is -2.04. The Morgan fingerprint density at radius 2 is 2.22 bits per heavy atom. The second kappa shape index (κ2) is 2.86. The van der Waals surface area contributed by atoms with E-state index >= 15 is 0 Å². The van der Waals surface area contributed by atoms with Crippen LogP contribution in [-0.2, 0) is 4.74 Å². The summed E-state index contributed by atoms with van der Waals surface area (Å²) in [4.78, 5) is 0. The number of hydrogen-bond acceptors (Lipinski definition) is 2. The Bertz CT molecular complexity index is 79.1. The molecule has 1 N–H and O–H groups in total. The SMILES string of the molecule is C1C[C@@H]2OCC[C@@H]2N1.Cl. The summed E-state index contributed by atoms with van der Waals surface area (Å²) < 4.78 is 5.41. The van der Waals surface area contributed by atoms with E-state index in [1.807, 2.05) is 0 Å². The number of nitrogens with one attached hydrogen (secondary N) is 1. The molecule has 2 fully saturated rings. The minimum atomic E-state index is 0. The molecule has 0 bridgehead atoms. The maximum absolute atomic E-state index is 5.41. The first-order chi connectivity index (χ1) is 3.97. The number of hydrogen-bond donors (Lipinski definition) is 1. The van der Waals surface area contributed by atoms with Gasteiger partial charge in [0.15, 0.2) is 0 Å². The second-order valence-electron chi connectivity index (χ2n) is 2.55. The van der Waals surface area contributed by atoms with Crippen molar-refractivity contribution in [3.63, 3.8) is 0 Å². The Hall–Kier alpha value is 0.210. The first-order valence-electron chi connectivity index (χ1n) is 3.32. The monoisotopic (exact) mass is 149 g/mol. The summed E-state index contributed by atoms with van der Waals surface area (Å²) in [5.41, 5.74) is 0. The maximum Gasteiger partial charge on any atom is 0.0740 e. The van der Waals surface area contributed by atoms with Crippen LogP contribution in [0.5, 0.6) is 0 Å².